The van der Waals surface area contributed by atoms with Crippen LogP contribution in [0.25, 0.3) is 0 Å². The number of primary amides is 1. The molecule has 3 atom stereocenters. The highest BCUT2D eigenvalue weighted by Gasteiger charge is 2.27. The second kappa shape index (κ2) is 5.47. The minimum absolute atomic E-state index is 0.224. The Morgan fingerprint density at radius 2 is 2.27 bits per heavy atom. The summed E-state index contributed by atoms with van der Waals surface area (Å²) in [5.74, 6) is 0.451. The number of nitrogens with one attached hydrogen (secondary N) is 1. The van der Waals surface area contributed by atoms with Crippen LogP contribution in [0.4, 0.5) is 0 Å². The van der Waals surface area contributed by atoms with Crippen LogP contribution in [-0.2, 0) is 4.79 Å². The molecule has 4 heteroatoms. The van der Waals surface area contributed by atoms with E-state index in [1.54, 1.807) is 7.05 Å². The number of rotatable bonds is 4. The number of likely N-dealkylation sites (N-methyl/N-ethyl adjacent to an activating group) is 1. The van der Waals surface area contributed by atoms with Crippen molar-refractivity contribution < 1.29 is 4.79 Å². The average Bonchev–Trinajstić information content (AvgIpc) is 2.19. The smallest absolute Gasteiger partial charge is 0.235 e. The topological polar surface area (TPSA) is 58.4 Å². The molecule has 1 aliphatic rings. The number of hydrogen-bond acceptors (Lipinski definition) is 3. The molecule has 15 heavy (non-hydrogen) atoms. The van der Waals surface area contributed by atoms with Gasteiger partial charge in [-0.15, -0.1) is 0 Å². The molecule has 0 aromatic heterocycles. The lowest BCUT2D eigenvalue weighted by atomic mass is 9.91. The Morgan fingerprint density at radius 3 is 2.80 bits per heavy atom. The highest BCUT2D eigenvalue weighted by molar-refractivity contribution is 5.80. The number of likely N-dealkylation sites (tertiary alicyclic amines) is 1. The van der Waals surface area contributed by atoms with Crippen LogP contribution >= 0.6 is 0 Å². The van der Waals surface area contributed by atoms with E-state index in [0.717, 1.165) is 13.1 Å². The zero-order valence-electron chi connectivity index (χ0n) is 9.99. The third-order valence-electron chi connectivity index (χ3n) is 3.61. The van der Waals surface area contributed by atoms with Gasteiger partial charge in [-0.1, -0.05) is 6.92 Å². The Hall–Kier alpha value is -0.610. The molecular formula is C11H23N3O. The fraction of sp³-hybridized carbons (Fsp3) is 0.909. The molecule has 0 saturated carbocycles. The maximum Gasteiger partial charge on any atom is 0.235 e. The van der Waals surface area contributed by atoms with Gasteiger partial charge in [0.15, 0.2) is 0 Å². The Bertz CT molecular complexity index is 220. The molecule has 1 rings (SSSR count). The normalized spacial score (nSPS) is 30.1. The molecule has 0 radical (unpaired) electrons. The first-order chi connectivity index (χ1) is 7.06. The maximum atomic E-state index is 11.1. The summed E-state index contributed by atoms with van der Waals surface area (Å²) >= 11 is 0. The zero-order valence-corrected chi connectivity index (χ0v) is 9.99. The van der Waals surface area contributed by atoms with Gasteiger partial charge in [-0.3, -0.25) is 9.69 Å². The van der Waals surface area contributed by atoms with Gasteiger partial charge < -0.3 is 11.1 Å². The summed E-state index contributed by atoms with van der Waals surface area (Å²) in [6.45, 7) is 6.32. The fourth-order valence-electron chi connectivity index (χ4n) is 2.24. The van der Waals surface area contributed by atoms with Crippen LogP contribution in [0.1, 0.15) is 26.7 Å². The van der Waals surface area contributed by atoms with Gasteiger partial charge in [-0.25, -0.2) is 0 Å². The molecule has 0 aliphatic carbocycles. The Labute approximate surface area is 92.2 Å². The fourth-order valence-corrected chi connectivity index (χ4v) is 2.24. The highest BCUT2D eigenvalue weighted by Crippen LogP contribution is 2.22. The zero-order chi connectivity index (χ0) is 11.4. The first-order valence-electron chi connectivity index (χ1n) is 5.77. The quantitative estimate of drug-likeness (QED) is 0.700. The lowest BCUT2D eigenvalue weighted by Gasteiger charge is -2.39. The minimum Gasteiger partial charge on any atom is -0.368 e. The number of nitrogens with zero attached hydrogens (tertiary/aromatic N) is 1. The summed E-state index contributed by atoms with van der Waals surface area (Å²) < 4.78 is 0. The Kier molecular flexibility index (Phi) is 4.54. The lowest BCUT2D eigenvalue weighted by molar-refractivity contribution is -0.120. The van der Waals surface area contributed by atoms with Crippen molar-refractivity contribution in [2.24, 2.45) is 11.7 Å². The molecule has 1 aliphatic heterocycles. The molecule has 4 nitrogen and oxygen atoms in total. The summed E-state index contributed by atoms with van der Waals surface area (Å²) in [5, 5.41) is 2.97. The van der Waals surface area contributed by atoms with E-state index in [1.165, 1.54) is 12.8 Å². The molecule has 3 unspecified atom stereocenters. The van der Waals surface area contributed by atoms with Crippen LogP contribution < -0.4 is 11.1 Å². The summed E-state index contributed by atoms with van der Waals surface area (Å²) in [6, 6.07) is 0.326. The van der Waals surface area contributed by atoms with Crippen LogP contribution in [0.5, 0.6) is 0 Å². The van der Waals surface area contributed by atoms with E-state index in [4.69, 9.17) is 5.73 Å². The van der Waals surface area contributed by atoms with Crippen molar-refractivity contribution in [3.8, 4) is 0 Å². The van der Waals surface area contributed by atoms with E-state index in [1.807, 2.05) is 0 Å². The molecule has 1 fully saturated rings. The van der Waals surface area contributed by atoms with Gasteiger partial charge in [-0.2, -0.15) is 0 Å². The number of hydrogen-bond donors (Lipinski definition) is 2. The second-order valence-corrected chi connectivity index (χ2v) is 4.60. The Morgan fingerprint density at radius 1 is 1.60 bits per heavy atom. The summed E-state index contributed by atoms with van der Waals surface area (Å²) in [7, 11) is 1.79. The molecule has 1 saturated heterocycles. The molecule has 1 heterocycles. The Balaban J connectivity index is 2.52. The van der Waals surface area contributed by atoms with E-state index >= 15 is 0 Å². The van der Waals surface area contributed by atoms with E-state index < -0.39 is 0 Å². The van der Waals surface area contributed by atoms with Gasteiger partial charge in [0.25, 0.3) is 0 Å². The second-order valence-electron chi connectivity index (χ2n) is 4.60. The highest BCUT2D eigenvalue weighted by atomic mass is 16.1. The monoisotopic (exact) mass is 213 g/mol. The first-order valence-corrected chi connectivity index (χ1v) is 5.77. The number of nitrogens with two attached hydrogens (primary N) is 1. The van der Waals surface area contributed by atoms with Crippen molar-refractivity contribution in [2.45, 2.75) is 38.8 Å². The summed E-state index contributed by atoms with van der Waals surface area (Å²) in [5.41, 5.74) is 5.32. The number of amides is 1. The van der Waals surface area contributed by atoms with Gasteiger partial charge in [0.05, 0.1) is 6.04 Å². The van der Waals surface area contributed by atoms with E-state index in [9.17, 15) is 4.79 Å². The van der Waals surface area contributed by atoms with Crippen LogP contribution in [0.2, 0.25) is 0 Å². The summed E-state index contributed by atoms with van der Waals surface area (Å²) in [6.07, 6.45) is 2.51. The van der Waals surface area contributed by atoms with Crippen LogP contribution in [-0.4, -0.2) is 43.0 Å². The molecule has 1 amide bonds. The van der Waals surface area contributed by atoms with Crippen molar-refractivity contribution in [1.82, 2.24) is 10.2 Å². The largest absolute Gasteiger partial charge is 0.368 e. The first kappa shape index (κ1) is 12.5. The van der Waals surface area contributed by atoms with Crippen LogP contribution in [0, 0.1) is 5.92 Å². The van der Waals surface area contributed by atoms with Gasteiger partial charge in [0.1, 0.15) is 0 Å². The number of carbonyl (C=O) groups is 1. The van der Waals surface area contributed by atoms with Crippen LogP contribution in [0.3, 0.4) is 0 Å². The molecule has 0 aromatic rings. The third kappa shape index (κ3) is 3.18. The average molecular weight is 213 g/mol. The SMILES string of the molecule is CNC(CN1CCCC(C)C1C)C(N)=O. The molecule has 0 bridgehead atoms. The number of piperidine rings is 1. The standard InChI is InChI=1S/C11H23N3O/c1-8-5-4-6-14(9(8)2)7-10(13-3)11(12)15/h8-10,13H,4-7H2,1-3H3,(H2,12,15). The van der Waals surface area contributed by atoms with Gasteiger partial charge >= 0.3 is 0 Å². The van der Waals surface area contributed by atoms with Crippen LogP contribution in [0.15, 0.2) is 0 Å². The molecule has 0 aromatic carbocycles. The van der Waals surface area contributed by atoms with Gasteiger partial charge in [-0.05, 0) is 39.3 Å². The maximum absolute atomic E-state index is 11.1. The van der Waals surface area contributed by atoms with Crippen molar-refractivity contribution in [1.29, 1.82) is 0 Å². The van der Waals surface area contributed by atoms with Crippen molar-refractivity contribution >= 4 is 5.91 Å². The summed E-state index contributed by atoms with van der Waals surface area (Å²) in [4.78, 5) is 13.5. The van der Waals surface area contributed by atoms with Gasteiger partial charge in [0.2, 0.25) is 5.91 Å². The third-order valence-corrected chi connectivity index (χ3v) is 3.61. The number of carbonyl (C=O) groups excluding carboxylic acids is 1. The minimum atomic E-state index is -0.261. The van der Waals surface area contributed by atoms with E-state index in [0.29, 0.717) is 12.0 Å². The molecule has 88 valence electrons. The predicted octanol–water partition coefficient (Wildman–Crippen LogP) is 0.180. The van der Waals surface area contributed by atoms with Gasteiger partial charge in [0, 0.05) is 12.6 Å². The van der Waals surface area contributed by atoms with Crippen molar-refractivity contribution in [3.63, 3.8) is 0 Å². The molecule has 0 spiro atoms. The van der Waals surface area contributed by atoms with E-state index in [-0.39, 0.29) is 11.9 Å². The molecule has 3 N–H and O–H groups in total. The van der Waals surface area contributed by atoms with Crippen molar-refractivity contribution in [3.05, 3.63) is 0 Å². The van der Waals surface area contributed by atoms with E-state index in [2.05, 4.69) is 24.1 Å². The predicted molar refractivity (Wildman–Crippen MR) is 61.5 cm³/mol. The molecular weight excluding hydrogens is 190 g/mol. The van der Waals surface area contributed by atoms with Crippen molar-refractivity contribution in [2.75, 3.05) is 20.1 Å². The lowest BCUT2D eigenvalue weighted by Crippen LogP contribution is -2.52.